The molecule has 1 aromatic carbocycles. The molecule has 1 atom stereocenters. The van der Waals surface area contributed by atoms with E-state index >= 15 is 0 Å². The highest BCUT2D eigenvalue weighted by molar-refractivity contribution is 7.90. The van der Waals surface area contributed by atoms with Gasteiger partial charge in [-0.2, -0.15) is 31.1 Å². The van der Waals surface area contributed by atoms with E-state index < -0.39 is 39.5 Å². The third kappa shape index (κ3) is 3.47. The van der Waals surface area contributed by atoms with Crippen molar-refractivity contribution in [2.45, 2.75) is 55.1 Å². The number of alkyl halides is 8. The molecule has 5 nitrogen and oxygen atoms in total. The number of halogens is 8. The van der Waals surface area contributed by atoms with E-state index in [0.29, 0.717) is 12.8 Å². The Morgan fingerprint density at radius 1 is 1.07 bits per heavy atom. The predicted molar refractivity (Wildman–Crippen MR) is 87.7 cm³/mol. The Bertz CT molecular complexity index is 967. The molecule has 1 aliphatic heterocycles. The largest absolute Gasteiger partial charge is 0.448 e. The van der Waals surface area contributed by atoms with Crippen molar-refractivity contribution in [3.63, 3.8) is 0 Å². The van der Waals surface area contributed by atoms with Crippen LogP contribution in [0.15, 0.2) is 29.3 Å². The zero-order valence-electron chi connectivity index (χ0n) is 14.8. The minimum atomic E-state index is -6.47. The molecule has 0 spiro atoms. The van der Waals surface area contributed by atoms with Gasteiger partial charge in [0, 0.05) is 11.3 Å². The third-order valence-electron chi connectivity index (χ3n) is 4.83. The third-order valence-corrected chi connectivity index (χ3v) is 6.36. The van der Waals surface area contributed by atoms with Crippen LogP contribution in [0.5, 0.6) is 0 Å². The molecule has 30 heavy (non-hydrogen) atoms. The van der Waals surface area contributed by atoms with Crippen molar-refractivity contribution in [2.75, 3.05) is 0 Å². The first-order valence-corrected chi connectivity index (χ1v) is 9.97. The molecule has 168 valence electrons. The molecule has 3 rings (SSSR count). The van der Waals surface area contributed by atoms with E-state index in [4.69, 9.17) is 0 Å². The Hall–Kier alpha value is -1.80. The maximum Gasteiger partial charge on any atom is 0.448 e. The van der Waals surface area contributed by atoms with Gasteiger partial charge in [-0.3, -0.25) is 4.99 Å². The number of ether oxygens (including phenoxy) is 1. The summed E-state index contributed by atoms with van der Waals surface area (Å²) in [6, 6.07) is 5.79. The summed E-state index contributed by atoms with van der Waals surface area (Å²) in [7, 11) is -6.44. The number of fused-ring (bicyclic) bond motifs is 3. The Labute approximate surface area is 165 Å². The SMILES string of the molecule is O=S(=O)(NC12CCCCC1=Nc1ccccc12)C(F)(F)C(F)(F)OC(F)(F)C(F)F. The van der Waals surface area contributed by atoms with Crippen LogP contribution in [-0.2, 0) is 20.3 Å². The van der Waals surface area contributed by atoms with Gasteiger partial charge < -0.3 is 0 Å². The lowest BCUT2D eigenvalue weighted by atomic mass is 9.77. The van der Waals surface area contributed by atoms with Crippen molar-refractivity contribution >= 4 is 21.4 Å². The van der Waals surface area contributed by atoms with Crippen LogP contribution in [0.1, 0.15) is 31.2 Å². The Morgan fingerprint density at radius 2 is 1.70 bits per heavy atom. The number of nitrogens with one attached hydrogen (secondary N) is 1. The summed E-state index contributed by atoms with van der Waals surface area (Å²) in [5.41, 5.74) is -1.44. The van der Waals surface area contributed by atoms with E-state index in [-0.39, 0.29) is 29.8 Å². The monoisotopic (exact) mass is 466 g/mol. The number of para-hydroxylation sites is 1. The van der Waals surface area contributed by atoms with Crippen molar-refractivity contribution in [3.8, 4) is 0 Å². The fourth-order valence-electron chi connectivity index (χ4n) is 3.45. The van der Waals surface area contributed by atoms with Crippen LogP contribution in [-0.4, -0.2) is 38.0 Å². The van der Waals surface area contributed by atoms with Gasteiger partial charge in [0.1, 0.15) is 0 Å². The second kappa shape index (κ2) is 7.12. The van der Waals surface area contributed by atoms with Gasteiger partial charge in [0.15, 0.2) is 0 Å². The molecule has 0 radical (unpaired) electrons. The second-order valence-corrected chi connectivity index (χ2v) is 8.52. The van der Waals surface area contributed by atoms with Crippen LogP contribution in [0, 0.1) is 0 Å². The molecule has 0 aromatic heterocycles. The van der Waals surface area contributed by atoms with Crippen molar-refractivity contribution in [1.29, 1.82) is 0 Å². The van der Waals surface area contributed by atoms with Crippen LogP contribution in [0.3, 0.4) is 0 Å². The Kier molecular flexibility index (Phi) is 5.43. The molecule has 1 unspecified atom stereocenters. The molecule has 1 fully saturated rings. The summed E-state index contributed by atoms with van der Waals surface area (Å²) in [5.74, 6) is 0. The summed E-state index contributed by atoms with van der Waals surface area (Å²) >= 11 is 0. The number of nitrogens with zero attached hydrogens (tertiary/aromatic N) is 1. The highest BCUT2D eigenvalue weighted by atomic mass is 32.2. The number of hydrogen-bond acceptors (Lipinski definition) is 4. The highest BCUT2D eigenvalue weighted by Gasteiger charge is 2.72. The molecule has 1 aromatic rings. The molecule has 0 amide bonds. The molecule has 0 saturated heterocycles. The average Bonchev–Trinajstić information content (AvgIpc) is 2.94. The topological polar surface area (TPSA) is 67.8 Å². The standard InChI is InChI=1S/C16H14F8N2O3S/c17-12(18)14(19,20)29-15(21,22)16(23,24)30(27,28)26-13-8-4-3-7-11(13)25-10-6-2-1-5-9(10)13/h1-2,5-6,12,26H,3-4,7-8H2. The van der Waals surface area contributed by atoms with Gasteiger partial charge in [-0.25, -0.2) is 21.9 Å². The van der Waals surface area contributed by atoms with E-state index in [1.54, 1.807) is 0 Å². The molecule has 2 aliphatic rings. The van der Waals surface area contributed by atoms with Crippen LogP contribution >= 0.6 is 0 Å². The second-order valence-electron chi connectivity index (χ2n) is 6.79. The normalized spacial score (nSPS) is 22.6. The molecule has 1 heterocycles. The van der Waals surface area contributed by atoms with E-state index in [2.05, 4.69) is 9.73 Å². The molecule has 14 heteroatoms. The van der Waals surface area contributed by atoms with Crippen LogP contribution in [0.2, 0.25) is 0 Å². The smallest absolute Gasteiger partial charge is 0.255 e. The van der Waals surface area contributed by atoms with Gasteiger partial charge in [0.25, 0.3) is 10.0 Å². The van der Waals surface area contributed by atoms with Gasteiger partial charge in [-0.15, -0.1) is 0 Å². The molecule has 0 bridgehead atoms. The lowest BCUT2D eigenvalue weighted by Gasteiger charge is -2.38. The first-order chi connectivity index (χ1) is 13.7. The van der Waals surface area contributed by atoms with E-state index in [9.17, 15) is 43.5 Å². The van der Waals surface area contributed by atoms with Gasteiger partial charge >= 0.3 is 23.9 Å². The molecular weight excluding hydrogens is 452 g/mol. The summed E-state index contributed by atoms with van der Waals surface area (Å²) in [4.78, 5) is 4.16. The average molecular weight is 466 g/mol. The maximum atomic E-state index is 14.2. The van der Waals surface area contributed by atoms with Crippen molar-refractivity contribution < 1.29 is 48.3 Å². The summed E-state index contributed by atoms with van der Waals surface area (Å²) in [6.45, 7) is 0. The number of hydrogen-bond donors (Lipinski definition) is 1. The first kappa shape index (κ1) is 22.9. The predicted octanol–water partition coefficient (Wildman–Crippen LogP) is 4.52. The van der Waals surface area contributed by atoms with Crippen molar-refractivity contribution in [3.05, 3.63) is 29.8 Å². The lowest BCUT2D eigenvalue weighted by molar-refractivity contribution is -0.435. The minimum absolute atomic E-state index is 0.0940. The Morgan fingerprint density at radius 3 is 2.33 bits per heavy atom. The number of benzene rings is 1. The fraction of sp³-hybridized carbons (Fsp3) is 0.562. The maximum absolute atomic E-state index is 14.2. The van der Waals surface area contributed by atoms with Gasteiger partial charge in [-0.1, -0.05) is 24.6 Å². The number of sulfonamides is 1. The first-order valence-electron chi connectivity index (χ1n) is 8.49. The fourth-order valence-corrected chi connectivity index (χ4v) is 4.72. The zero-order valence-corrected chi connectivity index (χ0v) is 15.6. The van der Waals surface area contributed by atoms with E-state index in [1.165, 1.54) is 29.0 Å². The molecular formula is C16H14F8N2O3S. The summed E-state index contributed by atoms with van der Waals surface area (Å²) < 4.78 is 134. The van der Waals surface area contributed by atoms with Gasteiger partial charge in [0.2, 0.25) is 0 Å². The van der Waals surface area contributed by atoms with Crippen molar-refractivity contribution in [1.82, 2.24) is 4.72 Å². The molecule has 1 saturated carbocycles. The van der Waals surface area contributed by atoms with E-state index in [1.807, 2.05) is 0 Å². The van der Waals surface area contributed by atoms with Gasteiger partial charge in [-0.05, 0) is 25.3 Å². The summed E-state index contributed by atoms with van der Waals surface area (Å²) in [6.07, 6.45) is -16.5. The zero-order chi connectivity index (χ0) is 22.6. The van der Waals surface area contributed by atoms with E-state index in [0.717, 1.165) is 0 Å². The van der Waals surface area contributed by atoms with Crippen LogP contribution in [0.4, 0.5) is 40.8 Å². The highest BCUT2D eigenvalue weighted by Crippen LogP contribution is 2.49. The molecule has 1 N–H and O–H groups in total. The number of rotatable bonds is 7. The van der Waals surface area contributed by atoms with Crippen LogP contribution < -0.4 is 4.72 Å². The summed E-state index contributed by atoms with van der Waals surface area (Å²) in [5, 5.41) is -6.31. The van der Waals surface area contributed by atoms with Crippen molar-refractivity contribution in [2.24, 2.45) is 4.99 Å². The van der Waals surface area contributed by atoms with Gasteiger partial charge in [0.05, 0.1) is 11.2 Å². The quantitative estimate of drug-likeness (QED) is 0.601. The molecule has 1 aliphatic carbocycles. The number of aliphatic imine (C=N–C) groups is 1. The Balaban J connectivity index is 2.00. The lowest BCUT2D eigenvalue weighted by Crippen LogP contribution is -2.61. The minimum Gasteiger partial charge on any atom is -0.255 e. The van der Waals surface area contributed by atoms with Crippen LogP contribution in [0.25, 0.3) is 0 Å².